The maximum atomic E-state index is 11.3. The third-order valence-corrected chi connectivity index (χ3v) is 3.27. The second kappa shape index (κ2) is 6.86. The third-order valence-electron chi connectivity index (χ3n) is 3.27. The van der Waals surface area contributed by atoms with Gasteiger partial charge in [0.2, 0.25) is 0 Å². The zero-order valence-electron chi connectivity index (χ0n) is 10.0. The maximum absolute atomic E-state index is 11.3. The summed E-state index contributed by atoms with van der Waals surface area (Å²) >= 11 is 0. The van der Waals surface area contributed by atoms with E-state index < -0.39 is 18.1 Å². The van der Waals surface area contributed by atoms with E-state index in [1.54, 1.807) is 6.92 Å². The standard InChI is InChI=1S/C12H23NO3/c1-2-16-12(15)11(13)10(14)8-9-6-4-3-5-7-9/h9-11,14H,2-8,13H2,1H3. The van der Waals surface area contributed by atoms with E-state index in [1.165, 1.54) is 19.3 Å². The average Bonchev–Trinajstić information content (AvgIpc) is 2.29. The Kier molecular flexibility index (Phi) is 5.77. The van der Waals surface area contributed by atoms with E-state index in [9.17, 15) is 9.90 Å². The molecule has 0 amide bonds. The fraction of sp³-hybridized carbons (Fsp3) is 0.917. The summed E-state index contributed by atoms with van der Waals surface area (Å²) in [5, 5.41) is 9.84. The molecule has 2 unspecified atom stereocenters. The molecule has 4 heteroatoms. The van der Waals surface area contributed by atoms with Crippen molar-refractivity contribution in [1.29, 1.82) is 0 Å². The molecule has 0 heterocycles. The SMILES string of the molecule is CCOC(=O)C(N)C(O)CC1CCCCC1. The van der Waals surface area contributed by atoms with Crippen molar-refractivity contribution in [2.24, 2.45) is 11.7 Å². The number of carbonyl (C=O) groups is 1. The van der Waals surface area contributed by atoms with Crippen LogP contribution in [0.4, 0.5) is 0 Å². The molecular weight excluding hydrogens is 206 g/mol. The summed E-state index contributed by atoms with van der Waals surface area (Å²) in [6.07, 6.45) is 5.90. The van der Waals surface area contributed by atoms with E-state index in [2.05, 4.69) is 0 Å². The fourth-order valence-corrected chi connectivity index (χ4v) is 2.31. The van der Waals surface area contributed by atoms with Crippen LogP contribution < -0.4 is 5.73 Å². The van der Waals surface area contributed by atoms with Gasteiger partial charge in [-0.05, 0) is 19.3 Å². The highest BCUT2D eigenvalue weighted by Gasteiger charge is 2.27. The summed E-state index contributed by atoms with van der Waals surface area (Å²) in [6.45, 7) is 2.04. The van der Waals surface area contributed by atoms with Crippen molar-refractivity contribution in [3.05, 3.63) is 0 Å². The van der Waals surface area contributed by atoms with Crippen LogP contribution in [0.1, 0.15) is 45.4 Å². The summed E-state index contributed by atoms with van der Waals surface area (Å²) in [5.74, 6) is 0.0232. The van der Waals surface area contributed by atoms with Crippen LogP contribution in [0, 0.1) is 5.92 Å². The Hall–Kier alpha value is -0.610. The number of hydrogen-bond acceptors (Lipinski definition) is 4. The lowest BCUT2D eigenvalue weighted by molar-refractivity contribution is -0.147. The zero-order chi connectivity index (χ0) is 12.0. The van der Waals surface area contributed by atoms with Gasteiger partial charge in [-0.2, -0.15) is 0 Å². The molecule has 94 valence electrons. The molecule has 0 aromatic heterocycles. The molecule has 1 fully saturated rings. The van der Waals surface area contributed by atoms with Gasteiger partial charge >= 0.3 is 5.97 Å². The van der Waals surface area contributed by atoms with Gasteiger partial charge in [-0.1, -0.05) is 32.1 Å². The van der Waals surface area contributed by atoms with Crippen molar-refractivity contribution in [2.45, 2.75) is 57.6 Å². The van der Waals surface area contributed by atoms with E-state index in [4.69, 9.17) is 10.5 Å². The lowest BCUT2D eigenvalue weighted by Gasteiger charge is -2.26. The molecule has 4 nitrogen and oxygen atoms in total. The molecule has 1 aliphatic carbocycles. The molecule has 0 aromatic rings. The molecule has 0 aliphatic heterocycles. The summed E-state index contributed by atoms with van der Waals surface area (Å²) in [4.78, 5) is 11.3. The van der Waals surface area contributed by atoms with Crippen molar-refractivity contribution in [3.63, 3.8) is 0 Å². The number of rotatable bonds is 5. The summed E-state index contributed by atoms with van der Waals surface area (Å²) in [5.41, 5.74) is 5.64. The summed E-state index contributed by atoms with van der Waals surface area (Å²) < 4.78 is 4.79. The minimum absolute atomic E-state index is 0.308. The fourth-order valence-electron chi connectivity index (χ4n) is 2.31. The topological polar surface area (TPSA) is 72.5 Å². The predicted molar refractivity (Wildman–Crippen MR) is 61.8 cm³/mol. The maximum Gasteiger partial charge on any atom is 0.325 e. The van der Waals surface area contributed by atoms with Crippen LogP contribution in [-0.4, -0.2) is 29.8 Å². The van der Waals surface area contributed by atoms with Gasteiger partial charge in [-0.3, -0.25) is 4.79 Å². The Morgan fingerprint density at radius 2 is 2.06 bits per heavy atom. The minimum atomic E-state index is -0.887. The van der Waals surface area contributed by atoms with Crippen molar-refractivity contribution < 1.29 is 14.6 Å². The van der Waals surface area contributed by atoms with Crippen LogP contribution in [-0.2, 0) is 9.53 Å². The van der Waals surface area contributed by atoms with Gasteiger partial charge in [-0.25, -0.2) is 0 Å². The second-order valence-corrected chi connectivity index (χ2v) is 4.58. The van der Waals surface area contributed by atoms with E-state index in [0.717, 1.165) is 12.8 Å². The van der Waals surface area contributed by atoms with Crippen molar-refractivity contribution in [2.75, 3.05) is 6.61 Å². The number of nitrogens with two attached hydrogens (primary N) is 1. The van der Waals surface area contributed by atoms with Gasteiger partial charge in [0, 0.05) is 0 Å². The van der Waals surface area contributed by atoms with E-state index in [1.807, 2.05) is 0 Å². The van der Waals surface area contributed by atoms with E-state index >= 15 is 0 Å². The molecular formula is C12H23NO3. The molecule has 3 N–H and O–H groups in total. The van der Waals surface area contributed by atoms with Gasteiger partial charge in [0.25, 0.3) is 0 Å². The number of aliphatic hydroxyl groups is 1. The molecule has 0 saturated heterocycles. The highest BCUT2D eigenvalue weighted by Crippen LogP contribution is 2.27. The number of hydrogen-bond donors (Lipinski definition) is 2. The number of aliphatic hydroxyl groups excluding tert-OH is 1. The first kappa shape index (κ1) is 13.5. The lowest BCUT2D eigenvalue weighted by Crippen LogP contribution is -2.44. The monoisotopic (exact) mass is 229 g/mol. The first-order chi connectivity index (χ1) is 7.65. The second-order valence-electron chi connectivity index (χ2n) is 4.58. The molecule has 0 spiro atoms. The van der Waals surface area contributed by atoms with Crippen LogP contribution in [0.25, 0.3) is 0 Å². The highest BCUT2D eigenvalue weighted by molar-refractivity contribution is 5.76. The first-order valence-electron chi connectivity index (χ1n) is 6.25. The van der Waals surface area contributed by atoms with E-state index in [0.29, 0.717) is 18.9 Å². The van der Waals surface area contributed by atoms with Gasteiger partial charge in [-0.15, -0.1) is 0 Å². The van der Waals surface area contributed by atoms with Crippen molar-refractivity contribution >= 4 is 5.97 Å². The Labute approximate surface area is 97.2 Å². The largest absolute Gasteiger partial charge is 0.465 e. The van der Waals surface area contributed by atoms with Gasteiger partial charge in [0.1, 0.15) is 6.04 Å². The molecule has 1 saturated carbocycles. The zero-order valence-corrected chi connectivity index (χ0v) is 10.0. The van der Waals surface area contributed by atoms with Crippen LogP contribution in [0.15, 0.2) is 0 Å². The van der Waals surface area contributed by atoms with Crippen molar-refractivity contribution in [3.8, 4) is 0 Å². The van der Waals surface area contributed by atoms with Crippen LogP contribution in [0.2, 0.25) is 0 Å². The number of ether oxygens (including phenoxy) is 1. The summed E-state index contributed by atoms with van der Waals surface area (Å²) in [6, 6.07) is -0.887. The smallest absolute Gasteiger partial charge is 0.325 e. The van der Waals surface area contributed by atoms with Gasteiger partial charge < -0.3 is 15.6 Å². The van der Waals surface area contributed by atoms with Crippen LogP contribution in [0.3, 0.4) is 0 Å². The van der Waals surface area contributed by atoms with Gasteiger partial charge in [0.05, 0.1) is 12.7 Å². The molecule has 0 radical (unpaired) electrons. The number of carbonyl (C=O) groups excluding carboxylic acids is 1. The lowest BCUT2D eigenvalue weighted by atomic mass is 9.84. The molecule has 1 rings (SSSR count). The Bertz CT molecular complexity index is 214. The Balaban J connectivity index is 2.32. The van der Waals surface area contributed by atoms with Crippen LogP contribution >= 0.6 is 0 Å². The minimum Gasteiger partial charge on any atom is -0.465 e. The van der Waals surface area contributed by atoms with Crippen molar-refractivity contribution in [1.82, 2.24) is 0 Å². The van der Waals surface area contributed by atoms with Gasteiger partial charge in [0.15, 0.2) is 0 Å². The molecule has 16 heavy (non-hydrogen) atoms. The molecule has 0 bridgehead atoms. The molecule has 0 aromatic carbocycles. The Morgan fingerprint density at radius 1 is 1.44 bits per heavy atom. The highest BCUT2D eigenvalue weighted by atomic mass is 16.5. The third kappa shape index (κ3) is 4.10. The molecule has 2 atom stereocenters. The predicted octanol–water partition coefficient (Wildman–Crippen LogP) is 1.21. The Morgan fingerprint density at radius 3 is 2.62 bits per heavy atom. The van der Waals surface area contributed by atoms with Crippen LogP contribution in [0.5, 0.6) is 0 Å². The van der Waals surface area contributed by atoms with E-state index in [-0.39, 0.29) is 0 Å². The summed E-state index contributed by atoms with van der Waals surface area (Å²) in [7, 11) is 0. The average molecular weight is 229 g/mol. The first-order valence-corrected chi connectivity index (χ1v) is 6.25. The quantitative estimate of drug-likeness (QED) is 0.695. The molecule has 1 aliphatic rings. The number of esters is 1. The normalized spacial score (nSPS) is 21.4.